The molecule has 14 heavy (non-hydrogen) atoms. The predicted molar refractivity (Wildman–Crippen MR) is 52.2 cm³/mol. The highest BCUT2D eigenvalue weighted by Gasteiger charge is 2.23. The Bertz CT molecular complexity index is 388. The second-order valence-corrected chi connectivity index (χ2v) is 2.96. The molecule has 2 rings (SSSR count). The highest BCUT2D eigenvalue weighted by atomic mass is 16.2. The fraction of sp³-hybridized carbons (Fsp3) is 0.111. The molecule has 1 aromatic rings. The molecule has 1 atom stereocenters. The van der Waals surface area contributed by atoms with Gasteiger partial charge in [0, 0.05) is 5.56 Å². The van der Waals surface area contributed by atoms with Crippen LogP contribution in [0.3, 0.4) is 0 Å². The van der Waals surface area contributed by atoms with Gasteiger partial charge in [-0.2, -0.15) is 5.10 Å². The number of hydrogen-bond acceptors (Lipinski definition) is 4. The van der Waals surface area contributed by atoms with Crippen molar-refractivity contribution in [2.24, 2.45) is 10.9 Å². The van der Waals surface area contributed by atoms with Crippen LogP contribution in [-0.2, 0) is 4.79 Å². The lowest BCUT2D eigenvalue weighted by molar-refractivity contribution is -0.123. The zero-order valence-corrected chi connectivity index (χ0v) is 7.40. The Morgan fingerprint density at radius 1 is 1.50 bits per heavy atom. The van der Waals surface area contributed by atoms with Gasteiger partial charge in [-0.15, -0.1) is 0 Å². The van der Waals surface area contributed by atoms with E-state index in [1.54, 1.807) is 6.21 Å². The van der Waals surface area contributed by atoms with Crippen LogP contribution < -0.4 is 16.7 Å². The topological polar surface area (TPSA) is 79.5 Å². The lowest BCUT2D eigenvalue weighted by Crippen LogP contribution is -2.41. The van der Waals surface area contributed by atoms with Crippen molar-refractivity contribution in [1.29, 1.82) is 0 Å². The van der Waals surface area contributed by atoms with E-state index in [1.807, 2.05) is 24.3 Å². The Morgan fingerprint density at radius 3 is 3.07 bits per heavy atom. The number of nitrogens with one attached hydrogen (secondary N) is 2. The molecule has 0 spiro atoms. The largest absolute Gasteiger partial charge is 0.293 e. The molecular weight excluding hydrogens is 180 g/mol. The molecule has 1 aliphatic heterocycles. The minimum atomic E-state index is -0.499. The third-order valence-electron chi connectivity index (χ3n) is 2.12. The number of amides is 1. The van der Waals surface area contributed by atoms with Crippen molar-refractivity contribution in [3.05, 3.63) is 35.4 Å². The molecule has 0 saturated carbocycles. The molecule has 4 N–H and O–H groups in total. The van der Waals surface area contributed by atoms with Gasteiger partial charge in [0.2, 0.25) is 0 Å². The molecule has 0 radical (unpaired) electrons. The molecule has 5 heteroatoms. The summed E-state index contributed by atoms with van der Waals surface area (Å²) < 4.78 is 0. The summed E-state index contributed by atoms with van der Waals surface area (Å²) in [4.78, 5) is 11.4. The quantitative estimate of drug-likeness (QED) is 0.322. The van der Waals surface area contributed by atoms with Crippen LogP contribution in [0.25, 0.3) is 0 Å². The summed E-state index contributed by atoms with van der Waals surface area (Å²) in [6.07, 6.45) is 1.68. The Balaban J connectivity index is 2.40. The normalized spacial score (nSPS) is 18.2. The first-order valence-electron chi connectivity index (χ1n) is 4.21. The summed E-state index contributed by atoms with van der Waals surface area (Å²) >= 11 is 0. The van der Waals surface area contributed by atoms with Crippen LogP contribution in [0.1, 0.15) is 17.2 Å². The van der Waals surface area contributed by atoms with Gasteiger partial charge in [-0.3, -0.25) is 15.6 Å². The summed E-state index contributed by atoms with van der Waals surface area (Å²) in [6.45, 7) is 0. The average molecular weight is 190 g/mol. The summed E-state index contributed by atoms with van der Waals surface area (Å²) in [5.41, 5.74) is 6.61. The zero-order chi connectivity index (χ0) is 9.97. The summed E-state index contributed by atoms with van der Waals surface area (Å²) in [5.74, 6) is 4.77. The maximum Gasteiger partial charge on any atom is 0.262 e. The fourth-order valence-electron chi connectivity index (χ4n) is 1.43. The van der Waals surface area contributed by atoms with Crippen molar-refractivity contribution < 1.29 is 4.79 Å². The third kappa shape index (κ3) is 1.33. The predicted octanol–water partition coefficient (Wildman–Crippen LogP) is -0.345. The Labute approximate surface area is 81.0 Å². The van der Waals surface area contributed by atoms with Crippen molar-refractivity contribution in [3.8, 4) is 0 Å². The van der Waals surface area contributed by atoms with E-state index in [2.05, 4.69) is 16.0 Å². The van der Waals surface area contributed by atoms with Crippen LogP contribution in [0.2, 0.25) is 0 Å². The van der Waals surface area contributed by atoms with Gasteiger partial charge in [0.15, 0.2) is 0 Å². The zero-order valence-electron chi connectivity index (χ0n) is 7.40. The molecule has 0 fully saturated rings. The van der Waals surface area contributed by atoms with E-state index in [9.17, 15) is 4.79 Å². The van der Waals surface area contributed by atoms with E-state index in [-0.39, 0.29) is 5.91 Å². The van der Waals surface area contributed by atoms with Crippen LogP contribution in [-0.4, -0.2) is 12.1 Å². The van der Waals surface area contributed by atoms with E-state index in [0.717, 1.165) is 11.1 Å². The highest BCUT2D eigenvalue weighted by Crippen LogP contribution is 2.19. The average Bonchev–Trinajstić information content (AvgIpc) is 2.27. The molecule has 1 unspecified atom stereocenters. The molecule has 1 aliphatic rings. The monoisotopic (exact) mass is 190 g/mol. The molecule has 5 nitrogen and oxygen atoms in total. The fourth-order valence-corrected chi connectivity index (χ4v) is 1.43. The maximum absolute atomic E-state index is 11.4. The number of nitrogens with two attached hydrogens (primary N) is 1. The van der Waals surface area contributed by atoms with Gasteiger partial charge in [0.05, 0.1) is 6.21 Å². The SMILES string of the molecule is NNC(=O)C1NN=Cc2ccccc21. The molecular formula is C9H10N4O. The van der Waals surface area contributed by atoms with Crippen LogP contribution in [0.4, 0.5) is 0 Å². The van der Waals surface area contributed by atoms with E-state index in [1.165, 1.54) is 0 Å². The molecule has 0 saturated heterocycles. The van der Waals surface area contributed by atoms with Gasteiger partial charge < -0.3 is 0 Å². The van der Waals surface area contributed by atoms with Gasteiger partial charge in [-0.05, 0) is 5.56 Å². The Kier molecular flexibility index (Phi) is 2.16. The van der Waals surface area contributed by atoms with Crippen molar-refractivity contribution >= 4 is 12.1 Å². The summed E-state index contributed by atoms with van der Waals surface area (Å²) in [5, 5.41) is 3.88. The second kappa shape index (κ2) is 3.47. The van der Waals surface area contributed by atoms with E-state index in [0.29, 0.717) is 0 Å². The van der Waals surface area contributed by atoms with Gasteiger partial charge in [0.1, 0.15) is 6.04 Å². The van der Waals surface area contributed by atoms with Crippen LogP contribution in [0.15, 0.2) is 29.4 Å². The number of nitrogens with zero attached hydrogens (tertiary/aromatic N) is 1. The van der Waals surface area contributed by atoms with E-state index in [4.69, 9.17) is 5.84 Å². The lowest BCUT2D eigenvalue weighted by Gasteiger charge is -2.20. The first kappa shape index (κ1) is 8.71. The van der Waals surface area contributed by atoms with Gasteiger partial charge in [0.25, 0.3) is 5.91 Å². The number of benzene rings is 1. The molecule has 0 bridgehead atoms. The Morgan fingerprint density at radius 2 is 2.29 bits per heavy atom. The molecule has 1 heterocycles. The molecule has 0 aliphatic carbocycles. The van der Waals surface area contributed by atoms with Crippen molar-refractivity contribution in [2.75, 3.05) is 0 Å². The van der Waals surface area contributed by atoms with Crippen molar-refractivity contribution in [2.45, 2.75) is 6.04 Å². The third-order valence-corrected chi connectivity index (χ3v) is 2.12. The Hall–Kier alpha value is -1.88. The van der Waals surface area contributed by atoms with Gasteiger partial charge in [-0.25, -0.2) is 5.84 Å². The number of hydrogen-bond donors (Lipinski definition) is 3. The maximum atomic E-state index is 11.4. The molecule has 0 aromatic heterocycles. The van der Waals surface area contributed by atoms with Gasteiger partial charge in [-0.1, -0.05) is 24.3 Å². The molecule has 72 valence electrons. The van der Waals surface area contributed by atoms with Crippen molar-refractivity contribution in [3.63, 3.8) is 0 Å². The minimum Gasteiger partial charge on any atom is -0.293 e. The van der Waals surface area contributed by atoms with Crippen molar-refractivity contribution in [1.82, 2.24) is 10.9 Å². The number of rotatable bonds is 1. The summed E-state index contributed by atoms with van der Waals surface area (Å²) in [7, 11) is 0. The van der Waals surface area contributed by atoms with Crippen LogP contribution >= 0.6 is 0 Å². The highest BCUT2D eigenvalue weighted by molar-refractivity contribution is 5.90. The van der Waals surface area contributed by atoms with Crippen LogP contribution in [0, 0.1) is 0 Å². The minimum absolute atomic E-state index is 0.297. The van der Waals surface area contributed by atoms with Crippen LogP contribution in [0.5, 0.6) is 0 Å². The standard InChI is InChI=1S/C9H10N4O/c10-12-9(14)8-7-4-2-1-3-6(7)5-11-13-8/h1-5,8,13H,10H2,(H,12,14). The number of hydrazone groups is 1. The summed E-state index contributed by atoms with van der Waals surface area (Å²) in [6, 6.07) is 7.04. The number of hydrazine groups is 1. The number of carbonyl (C=O) groups is 1. The first-order valence-corrected chi connectivity index (χ1v) is 4.21. The number of carbonyl (C=O) groups excluding carboxylic acids is 1. The van der Waals surface area contributed by atoms with E-state index >= 15 is 0 Å². The second-order valence-electron chi connectivity index (χ2n) is 2.96. The van der Waals surface area contributed by atoms with E-state index < -0.39 is 6.04 Å². The van der Waals surface area contributed by atoms with Gasteiger partial charge >= 0.3 is 0 Å². The smallest absolute Gasteiger partial charge is 0.262 e. The first-order chi connectivity index (χ1) is 6.83. The molecule has 1 amide bonds. The molecule has 1 aromatic carbocycles. The number of fused-ring (bicyclic) bond motifs is 1. The lowest BCUT2D eigenvalue weighted by atomic mass is 10.00.